The molecule has 0 saturated carbocycles. The smallest absolute Gasteiger partial charge is 0.244 e. The zero-order valence-electron chi connectivity index (χ0n) is 16.5. The summed E-state index contributed by atoms with van der Waals surface area (Å²) in [4.78, 5) is 14.5. The highest BCUT2D eigenvalue weighted by molar-refractivity contribution is 7.71. The number of nitrogens with one attached hydrogen (secondary N) is 2. The molecule has 1 amide bonds. The van der Waals surface area contributed by atoms with Gasteiger partial charge >= 0.3 is 0 Å². The van der Waals surface area contributed by atoms with Gasteiger partial charge in [-0.15, -0.1) is 0 Å². The molecular formula is C21H22FN5O2S. The Morgan fingerprint density at radius 2 is 1.97 bits per heavy atom. The Labute approximate surface area is 178 Å². The first-order chi connectivity index (χ1) is 14.5. The maximum Gasteiger partial charge on any atom is 0.244 e. The fourth-order valence-electron chi connectivity index (χ4n) is 3.38. The Morgan fingerprint density at radius 3 is 2.67 bits per heavy atom. The van der Waals surface area contributed by atoms with Crippen LogP contribution in [0.2, 0.25) is 0 Å². The number of carbonyl (C=O) groups excluding carboxylic acids is 1. The van der Waals surface area contributed by atoms with E-state index in [9.17, 15) is 9.18 Å². The van der Waals surface area contributed by atoms with Gasteiger partial charge in [-0.2, -0.15) is 5.10 Å². The molecule has 1 aromatic heterocycles. The molecule has 1 aliphatic heterocycles. The van der Waals surface area contributed by atoms with Gasteiger partial charge in [-0.05, 0) is 37.3 Å². The van der Waals surface area contributed by atoms with E-state index in [1.165, 1.54) is 6.07 Å². The van der Waals surface area contributed by atoms with Gasteiger partial charge in [0.2, 0.25) is 5.91 Å². The molecule has 156 valence electrons. The predicted octanol–water partition coefficient (Wildman–Crippen LogP) is 3.53. The van der Waals surface area contributed by atoms with Gasteiger partial charge in [0.05, 0.1) is 18.9 Å². The summed E-state index contributed by atoms with van der Waals surface area (Å²) in [7, 11) is 0. The highest BCUT2D eigenvalue weighted by Gasteiger charge is 2.17. The second-order valence-electron chi connectivity index (χ2n) is 7.12. The average Bonchev–Trinajstić information content (AvgIpc) is 3.09. The van der Waals surface area contributed by atoms with E-state index in [4.69, 9.17) is 17.0 Å². The minimum atomic E-state index is -0.380. The Kier molecular flexibility index (Phi) is 5.91. The van der Waals surface area contributed by atoms with Gasteiger partial charge in [0.1, 0.15) is 12.4 Å². The van der Waals surface area contributed by atoms with Crippen molar-refractivity contribution in [2.75, 3.05) is 36.5 Å². The Hall–Kier alpha value is -3.04. The summed E-state index contributed by atoms with van der Waals surface area (Å²) in [5, 5.41) is 9.71. The number of H-pyrrole nitrogens is 1. The zero-order chi connectivity index (χ0) is 21.1. The number of morpholine rings is 1. The van der Waals surface area contributed by atoms with Gasteiger partial charge < -0.3 is 15.0 Å². The van der Waals surface area contributed by atoms with Crippen LogP contribution in [0.5, 0.6) is 0 Å². The van der Waals surface area contributed by atoms with E-state index in [0.29, 0.717) is 48.3 Å². The summed E-state index contributed by atoms with van der Waals surface area (Å²) in [6.45, 7) is 4.40. The predicted molar refractivity (Wildman–Crippen MR) is 116 cm³/mol. The summed E-state index contributed by atoms with van der Waals surface area (Å²) >= 11 is 5.28. The van der Waals surface area contributed by atoms with Gasteiger partial charge in [0, 0.05) is 24.3 Å². The van der Waals surface area contributed by atoms with E-state index in [1.807, 2.05) is 36.1 Å². The lowest BCUT2D eigenvalue weighted by Gasteiger charge is -2.29. The maximum absolute atomic E-state index is 14.6. The minimum absolute atomic E-state index is 0.0363. The molecule has 1 aliphatic rings. The molecule has 3 aromatic rings. The number of halogens is 1. The van der Waals surface area contributed by atoms with Crippen LogP contribution in [0, 0.1) is 17.5 Å². The molecule has 9 heteroatoms. The molecule has 0 radical (unpaired) electrons. The Bertz CT molecular complexity index is 1100. The second kappa shape index (κ2) is 8.76. The molecule has 7 nitrogen and oxygen atoms in total. The van der Waals surface area contributed by atoms with Crippen LogP contribution in [0.25, 0.3) is 11.4 Å². The number of hydrogen-bond donors (Lipinski definition) is 2. The Morgan fingerprint density at radius 1 is 1.23 bits per heavy atom. The number of hydrogen-bond acceptors (Lipinski definition) is 5. The van der Waals surface area contributed by atoms with E-state index < -0.39 is 0 Å². The number of nitrogens with zero attached hydrogens (tertiary/aromatic N) is 3. The molecule has 2 N–H and O–H groups in total. The number of ether oxygens (including phenoxy) is 1. The van der Waals surface area contributed by atoms with E-state index >= 15 is 0 Å². The van der Waals surface area contributed by atoms with Crippen molar-refractivity contribution in [3.05, 3.63) is 58.6 Å². The molecule has 0 unspecified atom stereocenters. The lowest BCUT2D eigenvalue weighted by Crippen LogP contribution is -2.36. The van der Waals surface area contributed by atoms with Crippen LogP contribution in [0.3, 0.4) is 0 Å². The van der Waals surface area contributed by atoms with E-state index in [-0.39, 0.29) is 18.3 Å². The third kappa shape index (κ3) is 4.42. The van der Waals surface area contributed by atoms with Gasteiger partial charge in [-0.3, -0.25) is 14.5 Å². The highest BCUT2D eigenvalue weighted by atomic mass is 32.1. The van der Waals surface area contributed by atoms with E-state index in [1.54, 1.807) is 16.7 Å². The lowest BCUT2D eigenvalue weighted by molar-refractivity contribution is -0.116. The molecule has 1 saturated heterocycles. The second-order valence-corrected chi connectivity index (χ2v) is 7.51. The van der Waals surface area contributed by atoms with E-state index in [2.05, 4.69) is 15.5 Å². The molecule has 2 heterocycles. The fraction of sp³-hybridized carbons (Fsp3) is 0.286. The summed E-state index contributed by atoms with van der Waals surface area (Å²) in [5.74, 6) is -0.127. The van der Waals surface area contributed by atoms with Crippen molar-refractivity contribution in [3.63, 3.8) is 0 Å². The number of amides is 1. The third-order valence-corrected chi connectivity index (χ3v) is 5.26. The van der Waals surface area contributed by atoms with Crippen molar-refractivity contribution >= 4 is 29.5 Å². The van der Waals surface area contributed by atoms with Crippen molar-refractivity contribution in [1.82, 2.24) is 14.8 Å². The van der Waals surface area contributed by atoms with Gasteiger partial charge in [0.25, 0.3) is 0 Å². The van der Waals surface area contributed by atoms with Crippen molar-refractivity contribution < 1.29 is 13.9 Å². The van der Waals surface area contributed by atoms with Crippen molar-refractivity contribution in [2.24, 2.45) is 0 Å². The molecular weight excluding hydrogens is 405 g/mol. The number of aromatic amines is 1. The number of rotatable bonds is 5. The molecule has 2 aromatic carbocycles. The first-order valence-corrected chi connectivity index (χ1v) is 10.1. The standard InChI is InChI=1S/C21H22FN5O2S/c1-14-2-4-15(5-3-14)20-24-25-21(30)27(20)13-19(28)23-16-6-7-18(17(22)12-16)26-8-10-29-11-9-26/h2-7,12H,8-11,13H2,1H3,(H,23,28)(H,25,30). The van der Waals surface area contributed by atoms with Crippen LogP contribution in [0.4, 0.5) is 15.8 Å². The van der Waals surface area contributed by atoms with Crippen LogP contribution in [-0.2, 0) is 16.1 Å². The first kappa shape index (κ1) is 20.2. The number of aromatic nitrogens is 3. The number of anilines is 2. The van der Waals surface area contributed by atoms with Crippen molar-refractivity contribution in [3.8, 4) is 11.4 Å². The first-order valence-electron chi connectivity index (χ1n) is 9.65. The van der Waals surface area contributed by atoms with Crippen LogP contribution in [0.1, 0.15) is 5.56 Å². The molecule has 0 atom stereocenters. The zero-order valence-corrected chi connectivity index (χ0v) is 17.3. The summed E-state index contributed by atoms with van der Waals surface area (Å²) in [6.07, 6.45) is 0. The molecule has 0 spiro atoms. The van der Waals surface area contributed by atoms with Gasteiger partial charge in [-0.1, -0.05) is 29.8 Å². The quantitative estimate of drug-likeness (QED) is 0.610. The van der Waals surface area contributed by atoms with Gasteiger partial charge in [-0.25, -0.2) is 4.39 Å². The summed E-state index contributed by atoms with van der Waals surface area (Å²) in [6, 6.07) is 12.5. The molecule has 30 heavy (non-hydrogen) atoms. The molecule has 0 bridgehead atoms. The minimum Gasteiger partial charge on any atom is -0.378 e. The topological polar surface area (TPSA) is 75.2 Å². The lowest BCUT2D eigenvalue weighted by atomic mass is 10.1. The highest BCUT2D eigenvalue weighted by Crippen LogP contribution is 2.24. The van der Waals surface area contributed by atoms with E-state index in [0.717, 1.165) is 11.1 Å². The Balaban J connectivity index is 1.48. The summed E-state index contributed by atoms with van der Waals surface area (Å²) in [5.41, 5.74) is 2.87. The molecule has 1 fully saturated rings. The third-order valence-electron chi connectivity index (χ3n) is 4.95. The van der Waals surface area contributed by atoms with Crippen LogP contribution < -0.4 is 10.2 Å². The van der Waals surface area contributed by atoms with Crippen molar-refractivity contribution in [1.29, 1.82) is 0 Å². The number of benzene rings is 2. The summed E-state index contributed by atoms with van der Waals surface area (Å²) < 4.78 is 21.8. The fourth-order valence-corrected chi connectivity index (χ4v) is 3.57. The monoisotopic (exact) mass is 427 g/mol. The van der Waals surface area contributed by atoms with Crippen LogP contribution in [-0.4, -0.2) is 47.0 Å². The number of aryl methyl sites for hydroxylation is 1. The van der Waals surface area contributed by atoms with Crippen LogP contribution in [0.15, 0.2) is 42.5 Å². The average molecular weight is 428 g/mol. The van der Waals surface area contributed by atoms with Crippen molar-refractivity contribution in [2.45, 2.75) is 13.5 Å². The van der Waals surface area contributed by atoms with Gasteiger partial charge in [0.15, 0.2) is 10.6 Å². The largest absolute Gasteiger partial charge is 0.378 e. The SMILES string of the molecule is Cc1ccc(-c2n[nH]c(=S)n2CC(=O)Nc2ccc(N3CCOCC3)c(F)c2)cc1. The molecule has 4 rings (SSSR count). The maximum atomic E-state index is 14.6. The molecule has 0 aliphatic carbocycles. The number of carbonyl (C=O) groups is 1. The van der Waals surface area contributed by atoms with Crippen LogP contribution >= 0.6 is 12.2 Å². The normalized spacial score (nSPS) is 14.0.